The highest BCUT2D eigenvalue weighted by atomic mass is 16.5. The lowest BCUT2D eigenvalue weighted by atomic mass is 9.94. The van der Waals surface area contributed by atoms with Crippen LogP contribution < -0.4 is 19.9 Å². The molecule has 1 aromatic rings. The number of rotatable bonds is 5. The number of fused-ring (bicyclic) bond motifs is 2. The van der Waals surface area contributed by atoms with Crippen LogP contribution in [0.25, 0.3) is 0 Å². The van der Waals surface area contributed by atoms with Gasteiger partial charge in [-0.05, 0) is 25.8 Å². The monoisotopic (exact) mass is 263 g/mol. The van der Waals surface area contributed by atoms with Gasteiger partial charge >= 0.3 is 0 Å². The highest BCUT2D eigenvalue weighted by Crippen LogP contribution is 2.49. The van der Waals surface area contributed by atoms with Crippen LogP contribution in [-0.2, 0) is 19.3 Å². The largest absolute Gasteiger partial charge is 0.493 e. The number of ether oxygens (including phenoxy) is 3. The van der Waals surface area contributed by atoms with Crippen molar-refractivity contribution < 1.29 is 14.2 Å². The Bertz CT molecular complexity index is 450. The minimum atomic E-state index is 0.748. The minimum Gasteiger partial charge on any atom is -0.493 e. The number of methoxy groups -OCH3 is 1. The maximum atomic E-state index is 5.86. The van der Waals surface area contributed by atoms with E-state index < -0.39 is 0 Å². The molecule has 0 spiro atoms. The molecule has 104 valence electrons. The third kappa shape index (κ3) is 2.04. The van der Waals surface area contributed by atoms with Crippen LogP contribution in [0, 0.1) is 0 Å². The van der Waals surface area contributed by atoms with E-state index in [4.69, 9.17) is 19.9 Å². The van der Waals surface area contributed by atoms with Crippen LogP contribution in [-0.4, -0.2) is 26.9 Å². The molecule has 0 aliphatic carbocycles. The van der Waals surface area contributed by atoms with Crippen LogP contribution in [0.15, 0.2) is 0 Å². The van der Waals surface area contributed by atoms with Gasteiger partial charge in [-0.2, -0.15) is 0 Å². The zero-order chi connectivity index (χ0) is 13.2. The van der Waals surface area contributed by atoms with E-state index in [0.29, 0.717) is 0 Å². The van der Waals surface area contributed by atoms with Crippen molar-refractivity contribution in [3.05, 3.63) is 16.7 Å². The van der Waals surface area contributed by atoms with Crippen LogP contribution in [0.3, 0.4) is 0 Å². The molecule has 0 aromatic heterocycles. The zero-order valence-electron chi connectivity index (χ0n) is 11.5. The fourth-order valence-electron chi connectivity index (χ4n) is 3.09. The summed E-state index contributed by atoms with van der Waals surface area (Å²) in [5.41, 5.74) is 9.39. The Labute approximate surface area is 113 Å². The summed E-state index contributed by atoms with van der Waals surface area (Å²) >= 11 is 0. The highest BCUT2D eigenvalue weighted by Gasteiger charge is 2.31. The molecule has 4 heteroatoms. The summed E-state index contributed by atoms with van der Waals surface area (Å²) in [4.78, 5) is 0. The predicted molar refractivity (Wildman–Crippen MR) is 73.4 cm³/mol. The topological polar surface area (TPSA) is 53.7 Å². The fraction of sp³-hybridized carbons (Fsp3) is 0.600. The van der Waals surface area contributed by atoms with Gasteiger partial charge in [-0.1, -0.05) is 0 Å². The van der Waals surface area contributed by atoms with Gasteiger partial charge in [0.15, 0.2) is 11.5 Å². The van der Waals surface area contributed by atoms with Gasteiger partial charge in [0.1, 0.15) is 5.75 Å². The molecule has 0 radical (unpaired) electrons. The van der Waals surface area contributed by atoms with Gasteiger partial charge in [-0.25, -0.2) is 0 Å². The first-order chi connectivity index (χ1) is 9.36. The van der Waals surface area contributed by atoms with Gasteiger partial charge in [0.2, 0.25) is 0 Å². The fourth-order valence-corrected chi connectivity index (χ4v) is 3.09. The van der Waals surface area contributed by atoms with E-state index in [0.717, 1.165) is 69.1 Å². The quantitative estimate of drug-likeness (QED) is 0.824. The molecule has 0 bridgehead atoms. The number of hydrogen-bond donors (Lipinski definition) is 1. The van der Waals surface area contributed by atoms with E-state index in [1.807, 2.05) is 0 Å². The molecule has 2 heterocycles. The summed E-state index contributed by atoms with van der Waals surface area (Å²) in [5.74, 6) is 2.90. The van der Waals surface area contributed by atoms with Crippen LogP contribution in [0.4, 0.5) is 0 Å². The predicted octanol–water partition coefficient (Wildman–Crippen LogP) is 1.85. The van der Waals surface area contributed by atoms with Gasteiger partial charge in [-0.15, -0.1) is 0 Å². The van der Waals surface area contributed by atoms with E-state index >= 15 is 0 Å². The summed E-state index contributed by atoms with van der Waals surface area (Å²) in [5, 5.41) is 0. The van der Waals surface area contributed by atoms with Crippen molar-refractivity contribution in [2.75, 3.05) is 26.9 Å². The van der Waals surface area contributed by atoms with Crippen molar-refractivity contribution in [1.82, 2.24) is 0 Å². The average Bonchev–Trinajstić information content (AvgIpc) is 3.06. The molecule has 1 aromatic carbocycles. The van der Waals surface area contributed by atoms with E-state index in [1.54, 1.807) is 7.11 Å². The maximum Gasteiger partial charge on any atom is 0.168 e. The van der Waals surface area contributed by atoms with Gasteiger partial charge in [0.05, 0.1) is 20.3 Å². The van der Waals surface area contributed by atoms with Crippen LogP contribution >= 0.6 is 0 Å². The molecule has 2 N–H and O–H groups in total. The molecule has 3 rings (SSSR count). The van der Waals surface area contributed by atoms with Crippen LogP contribution in [0.2, 0.25) is 0 Å². The molecular weight excluding hydrogens is 242 g/mol. The van der Waals surface area contributed by atoms with Gasteiger partial charge in [-0.3, -0.25) is 0 Å². The first-order valence-corrected chi connectivity index (χ1v) is 7.07. The van der Waals surface area contributed by atoms with Crippen molar-refractivity contribution in [3.8, 4) is 17.2 Å². The second-order valence-corrected chi connectivity index (χ2v) is 5.07. The van der Waals surface area contributed by atoms with Crippen molar-refractivity contribution in [1.29, 1.82) is 0 Å². The van der Waals surface area contributed by atoms with E-state index in [2.05, 4.69) is 0 Å². The lowest BCUT2D eigenvalue weighted by molar-refractivity contribution is 0.324. The van der Waals surface area contributed by atoms with E-state index in [-0.39, 0.29) is 0 Å². The molecule has 0 atom stereocenters. The lowest BCUT2D eigenvalue weighted by Gasteiger charge is -2.16. The Morgan fingerprint density at radius 1 is 1.05 bits per heavy atom. The van der Waals surface area contributed by atoms with Crippen LogP contribution in [0.1, 0.15) is 29.5 Å². The molecule has 4 nitrogen and oxygen atoms in total. The highest BCUT2D eigenvalue weighted by molar-refractivity contribution is 5.65. The Morgan fingerprint density at radius 2 is 1.79 bits per heavy atom. The third-order valence-corrected chi connectivity index (χ3v) is 3.95. The summed E-state index contributed by atoms with van der Waals surface area (Å²) in [7, 11) is 1.71. The smallest absolute Gasteiger partial charge is 0.168 e. The minimum absolute atomic E-state index is 0.748. The first kappa shape index (κ1) is 12.6. The van der Waals surface area contributed by atoms with E-state index in [1.165, 1.54) is 16.7 Å². The second-order valence-electron chi connectivity index (χ2n) is 5.07. The third-order valence-electron chi connectivity index (χ3n) is 3.95. The van der Waals surface area contributed by atoms with Crippen molar-refractivity contribution in [3.63, 3.8) is 0 Å². The van der Waals surface area contributed by atoms with E-state index in [9.17, 15) is 0 Å². The summed E-state index contributed by atoms with van der Waals surface area (Å²) in [6, 6.07) is 0. The lowest BCUT2D eigenvalue weighted by Crippen LogP contribution is -2.02. The Morgan fingerprint density at radius 3 is 2.53 bits per heavy atom. The normalized spacial score (nSPS) is 15.7. The molecule has 0 saturated heterocycles. The summed E-state index contributed by atoms with van der Waals surface area (Å²) in [6.45, 7) is 2.24. The first-order valence-electron chi connectivity index (χ1n) is 7.07. The maximum absolute atomic E-state index is 5.86. The number of nitrogens with two attached hydrogens (primary N) is 1. The number of benzene rings is 1. The molecule has 19 heavy (non-hydrogen) atoms. The van der Waals surface area contributed by atoms with Gasteiger partial charge in [0, 0.05) is 29.5 Å². The molecule has 2 aliphatic rings. The Balaban J connectivity index is 2.03. The molecule has 0 amide bonds. The molecule has 2 aliphatic heterocycles. The van der Waals surface area contributed by atoms with Crippen LogP contribution in [0.5, 0.6) is 17.2 Å². The molecule has 0 unspecified atom stereocenters. The SMILES string of the molecule is COc1c2c(c(CCCCN)c3c1OCC3)OCC2. The zero-order valence-corrected chi connectivity index (χ0v) is 11.5. The van der Waals surface area contributed by atoms with Crippen molar-refractivity contribution >= 4 is 0 Å². The molecule has 0 fully saturated rings. The summed E-state index contributed by atoms with van der Waals surface area (Å²) in [6.07, 6.45) is 5.05. The molecular formula is C15H21NO3. The molecule has 0 saturated carbocycles. The second kappa shape index (κ2) is 5.29. The number of hydrogen-bond acceptors (Lipinski definition) is 4. The Hall–Kier alpha value is -1.42. The van der Waals surface area contributed by atoms with Crippen molar-refractivity contribution in [2.24, 2.45) is 5.73 Å². The average molecular weight is 263 g/mol. The van der Waals surface area contributed by atoms with Crippen molar-refractivity contribution in [2.45, 2.75) is 32.1 Å². The summed E-state index contributed by atoms with van der Waals surface area (Å²) < 4.78 is 17.2. The van der Waals surface area contributed by atoms with Gasteiger partial charge < -0.3 is 19.9 Å². The number of unbranched alkanes of at least 4 members (excludes halogenated alkanes) is 1. The van der Waals surface area contributed by atoms with Gasteiger partial charge in [0.25, 0.3) is 0 Å². The Kier molecular flexibility index (Phi) is 3.51. The standard InChI is InChI=1S/C15H21NO3/c1-17-14-12-6-9-18-13(12)10(4-2-3-7-16)11-5-8-19-15(11)14/h2-9,16H2,1H3.